The van der Waals surface area contributed by atoms with Gasteiger partial charge in [-0.3, -0.25) is 0 Å². The van der Waals surface area contributed by atoms with Gasteiger partial charge in [-0.05, 0) is 24.1 Å². The Morgan fingerprint density at radius 2 is 2.05 bits per heavy atom. The van der Waals surface area contributed by atoms with Crippen molar-refractivity contribution >= 4 is 29.0 Å². The van der Waals surface area contributed by atoms with E-state index in [0.717, 1.165) is 31.0 Å². The van der Waals surface area contributed by atoms with Gasteiger partial charge in [0.15, 0.2) is 0 Å². The molecule has 22 heavy (non-hydrogen) atoms. The van der Waals surface area contributed by atoms with Crippen LogP contribution < -0.4 is 5.32 Å². The molecule has 4 nitrogen and oxygen atoms in total. The molecule has 2 heterocycles. The maximum atomic E-state index is 6.23. The Hall–Kier alpha value is -1.49. The normalized spacial score (nSPS) is 14.7. The molecule has 0 atom stereocenters. The first-order valence-corrected chi connectivity index (χ1v) is 7.94. The topological polar surface area (TPSA) is 39.1 Å². The van der Waals surface area contributed by atoms with Crippen molar-refractivity contribution in [3.05, 3.63) is 57.7 Å². The van der Waals surface area contributed by atoms with Gasteiger partial charge in [0.1, 0.15) is 5.82 Å². The highest BCUT2D eigenvalue weighted by Crippen LogP contribution is 2.26. The molecule has 0 aliphatic carbocycles. The molecule has 116 valence electrons. The van der Waals surface area contributed by atoms with E-state index in [1.807, 2.05) is 28.9 Å². The van der Waals surface area contributed by atoms with Crippen molar-refractivity contribution in [3.63, 3.8) is 0 Å². The van der Waals surface area contributed by atoms with E-state index in [0.29, 0.717) is 23.2 Å². The summed E-state index contributed by atoms with van der Waals surface area (Å²) >= 11 is 12.5. The Kier molecular flexibility index (Phi) is 5.03. The number of hydrogen-bond donors (Lipinski definition) is 1. The summed E-state index contributed by atoms with van der Waals surface area (Å²) in [5.74, 6) is 0.933. The number of halogens is 2. The number of rotatable bonds is 5. The molecule has 0 saturated heterocycles. The van der Waals surface area contributed by atoms with Crippen molar-refractivity contribution < 1.29 is 4.74 Å². The number of anilines is 1. The van der Waals surface area contributed by atoms with Crippen molar-refractivity contribution in [2.24, 2.45) is 0 Å². The highest BCUT2D eigenvalue weighted by atomic mass is 35.5. The van der Waals surface area contributed by atoms with Crippen LogP contribution in [0, 0.1) is 0 Å². The van der Waals surface area contributed by atoms with Crippen LogP contribution in [0.15, 0.2) is 42.1 Å². The van der Waals surface area contributed by atoms with Crippen molar-refractivity contribution in [3.8, 4) is 0 Å². The van der Waals surface area contributed by atoms with Crippen molar-refractivity contribution in [1.29, 1.82) is 0 Å². The van der Waals surface area contributed by atoms with Gasteiger partial charge in [-0.15, -0.1) is 0 Å². The van der Waals surface area contributed by atoms with Gasteiger partial charge in [0.2, 0.25) is 0 Å². The van der Waals surface area contributed by atoms with Gasteiger partial charge in [0.05, 0.1) is 26.0 Å². The Morgan fingerprint density at radius 3 is 2.77 bits per heavy atom. The van der Waals surface area contributed by atoms with Crippen molar-refractivity contribution in [2.45, 2.75) is 13.0 Å². The van der Waals surface area contributed by atoms with Crippen LogP contribution >= 0.6 is 23.2 Å². The number of aromatic nitrogens is 2. The lowest BCUT2D eigenvalue weighted by Gasteiger charge is -2.16. The molecule has 1 aromatic carbocycles. The zero-order valence-corrected chi connectivity index (χ0v) is 13.6. The molecule has 0 amide bonds. The second-order valence-electron chi connectivity index (χ2n) is 5.13. The van der Waals surface area contributed by atoms with E-state index < -0.39 is 0 Å². The van der Waals surface area contributed by atoms with Gasteiger partial charge in [-0.1, -0.05) is 35.3 Å². The minimum absolute atomic E-state index is 0.531. The van der Waals surface area contributed by atoms with Crippen LogP contribution in [0.1, 0.15) is 12.0 Å². The quantitative estimate of drug-likeness (QED) is 0.838. The average molecular weight is 338 g/mol. The van der Waals surface area contributed by atoms with E-state index in [-0.39, 0.29) is 0 Å². The lowest BCUT2D eigenvalue weighted by Crippen LogP contribution is -2.16. The van der Waals surface area contributed by atoms with Crippen LogP contribution in [0.25, 0.3) is 0 Å². The molecular formula is C16H17Cl2N3O. The first-order valence-electron chi connectivity index (χ1n) is 7.18. The third kappa shape index (κ3) is 3.64. The van der Waals surface area contributed by atoms with E-state index in [2.05, 4.69) is 16.5 Å². The lowest BCUT2D eigenvalue weighted by atomic mass is 10.2. The Bertz CT molecular complexity index is 662. The zero-order valence-electron chi connectivity index (χ0n) is 12.1. The van der Waals surface area contributed by atoms with Crippen LogP contribution in [0.4, 0.5) is 5.82 Å². The predicted molar refractivity (Wildman–Crippen MR) is 89.8 cm³/mol. The highest BCUT2D eigenvalue weighted by molar-refractivity contribution is 6.35. The summed E-state index contributed by atoms with van der Waals surface area (Å²) in [5.41, 5.74) is 2.13. The summed E-state index contributed by atoms with van der Waals surface area (Å²) in [6.07, 6.45) is 4.96. The maximum absolute atomic E-state index is 6.23. The summed E-state index contributed by atoms with van der Waals surface area (Å²) in [6.45, 7) is 2.79. The van der Waals surface area contributed by atoms with Crippen LogP contribution in [-0.2, 0) is 11.3 Å². The number of benzene rings is 1. The Labute approximate surface area is 139 Å². The molecule has 1 N–H and O–H groups in total. The van der Waals surface area contributed by atoms with Gasteiger partial charge in [-0.2, -0.15) is 5.10 Å². The second kappa shape index (κ2) is 7.18. The number of hydrogen-bond acceptors (Lipinski definition) is 3. The summed E-state index contributed by atoms with van der Waals surface area (Å²) in [7, 11) is 0. The van der Waals surface area contributed by atoms with Crippen LogP contribution in [-0.4, -0.2) is 29.5 Å². The number of nitrogens with zero attached hydrogens (tertiary/aromatic N) is 2. The molecule has 1 aliphatic rings. The van der Waals surface area contributed by atoms with E-state index in [4.69, 9.17) is 27.9 Å². The van der Waals surface area contributed by atoms with E-state index in [1.165, 1.54) is 5.57 Å². The SMILES string of the molecule is Clc1cccc(Cl)c1Cn1nccc1NCC1=CCCOC1. The summed E-state index contributed by atoms with van der Waals surface area (Å²) < 4.78 is 7.30. The van der Waals surface area contributed by atoms with Crippen LogP contribution in [0.5, 0.6) is 0 Å². The van der Waals surface area contributed by atoms with Gasteiger partial charge in [0.25, 0.3) is 0 Å². The summed E-state index contributed by atoms with van der Waals surface area (Å²) in [4.78, 5) is 0. The molecule has 3 rings (SSSR count). The summed E-state index contributed by atoms with van der Waals surface area (Å²) in [6, 6.07) is 7.45. The maximum Gasteiger partial charge on any atom is 0.124 e. The molecule has 6 heteroatoms. The molecule has 0 bridgehead atoms. The number of nitrogens with one attached hydrogen (secondary N) is 1. The van der Waals surface area contributed by atoms with Gasteiger partial charge >= 0.3 is 0 Å². The minimum atomic E-state index is 0.531. The van der Waals surface area contributed by atoms with Crippen LogP contribution in [0.2, 0.25) is 10.0 Å². The largest absolute Gasteiger partial charge is 0.377 e. The molecular weight excluding hydrogens is 321 g/mol. The molecule has 0 radical (unpaired) electrons. The average Bonchev–Trinajstić information content (AvgIpc) is 2.97. The van der Waals surface area contributed by atoms with Gasteiger partial charge in [-0.25, -0.2) is 4.68 Å². The highest BCUT2D eigenvalue weighted by Gasteiger charge is 2.10. The number of ether oxygens (including phenoxy) is 1. The fraction of sp³-hybridized carbons (Fsp3) is 0.312. The van der Waals surface area contributed by atoms with Crippen molar-refractivity contribution in [1.82, 2.24) is 9.78 Å². The lowest BCUT2D eigenvalue weighted by molar-refractivity contribution is 0.150. The van der Waals surface area contributed by atoms with E-state index >= 15 is 0 Å². The Balaban J connectivity index is 1.71. The van der Waals surface area contributed by atoms with Crippen LogP contribution in [0.3, 0.4) is 0 Å². The standard InChI is InChI=1S/C16H17Cl2N3O/c17-14-4-1-5-15(18)13(14)10-21-16(6-7-20-21)19-9-12-3-2-8-22-11-12/h1,3-7,19H,2,8-11H2. The first kappa shape index (κ1) is 15.4. The molecule has 0 unspecified atom stereocenters. The first-order chi connectivity index (χ1) is 10.7. The monoisotopic (exact) mass is 337 g/mol. The fourth-order valence-corrected chi connectivity index (χ4v) is 2.89. The summed E-state index contributed by atoms with van der Waals surface area (Å²) in [5, 5.41) is 9.03. The molecule has 0 spiro atoms. The predicted octanol–water partition coefficient (Wildman–Crippen LogP) is 4.00. The third-order valence-corrected chi connectivity index (χ3v) is 4.27. The van der Waals surface area contributed by atoms with E-state index in [1.54, 1.807) is 6.20 Å². The smallest absolute Gasteiger partial charge is 0.124 e. The molecule has 0 fully saturated rings. The Morgan fingerprint density at radius 1 is 1.23 bits per heavy atom. The molecule has 1 aromatic heterocycles. The molecule has 2 aromatic rings. The van der Waals surface area contributed by atoms with Gasteiger partial charge in [0, 0.05) is 28.2 Å². The zero-order chi connectivity index (χ0) is 15.4. The van der Waals surface area contributed by atoms with Gasteiger partial charge < -0.3 is 10.1 Å². The third-order valence-electron chi connectivity index (χ3n) is 3.57. The minimum Gasteiger partial charge on any atom is -0.377 e. The molecule has 0 saturated carbocycles. The van der Waals surface area contributed by atoms with E-state index in [9.17, 15) is 0 Å². The second-order valence-corrected chi connectivity index (χ2v) is 5.95. The van der Waals surface area contributed by atoms with Crippen molar-refractivity contribution in [2.75, 3.05) is 25.1 Å². The fourth-order valence-electron chi connectivity index (χ4n) is 2.38. The molecule has 1 aliphatic heterocycles.